The summed E-state index contributed by atoms with van der Waals surface area (Å²) in [6, 6.07) is 6.83. The van der Waals surface area contributed by atoms with Crippen molar-refractivity contribution in [2.24, 2.45) is 5.92 Å². The topological polar surface area (TPSA) is 57.6 Å². The van der Waals surface area contributed by atoms with Crippen LogP contribution >= 0.6 is 11.6 Å². The summed E-state index contributed by atoms with van der Waals surface area (Å²) in [7, 11) is 0. The summed E-state index contributed by atoms with van der Waals surface area (Å²) in [5.41, 5.74) is 0.419. The van der Waals surface area contributed by atoms with E-state index < -0.39 is 11.9 Å². The molecule has 0 fully saturated rings. The van der Waals surface area contributed by atoms with E-state index in [2.05, 4.69) is 0 Å². The number of carbonyl (C=O) groups is 2. The number of amides is 1. The Morgan fingerprint density at radius 1 is 1.35 bits per heavy atom. The van der Waals surface area contributed by atoms with E-state index in [0.29, 0.717) is 17.1 Å². The number of carboxylic acid groups (broad SMARTS) is 1. The maximum atomic E-state index is 12.5. The van der Waals surface area contributed by atoms with Gasteiger partial charge in [-0.1, -0.05) is 44.0 Å². The van der Waals surface area contributed by atoms with Crippen LogP contribution in [0.15, 0.2) is 24.3 Å². The molecule has 1 rings (SSSR count). The van der Waals surface area contributed by atoms with Crippen molar-refractivity contribution in [2.45, 2.75) is 26.7 Å². The molecule has 110 valence electrons. The predicted octanol–water partition coefficient (Wildman–Crippen LogP) is 3.30. The van der Waals surface area contributed by atoms with Crippen LogP contribution in [0.4, 0.5) is 0 Å². The van der Waals surface area contributed by atoms with Crippen LogP contribution in [0.3, 0.4) is 0 Å². The maximum absolute atomic E-state index is 12.5. The zero-order valence-electron chi connectivity index (χ0n) is 11.8. The molecule has 1 amide bonds. The second-order valence-electron chi connectivity index (χ2n) is 4.82. The average Bonchev–Trinajstić information content (AvgIpc) is 2.42. The Hall–Kier alpha value is -1.55. The number of halogens is 1. The number of unbranched alkanes of at least 4 members (excludes halogenated alkanes) is 1. The minimum Gasteiger partial charge on any atom is -0.481 e. The molecule has 0 saturated heterocycles. The van der Waals surface area contributed by atoms with Crippen LogP contribution in [0.25, 0.3) is 0 Å². The molecule has 1 aromatic rings. The second kappa shape index (κ2) is 7.90. The van der Waals surface area contributed by atoms with E-state index in [0.717, 1.165) is 12.8 Å². The first-order valence-electron chi connectivity index (χ1n) is 6.74. The molecule has 4 nitrogen and oxygen atoms in total. The van der Waals surface area contributed by atoms with E-state index in [1.165, 1.54) is 0 Å². The summed E-state index contributed by atoms with van der Waals surface area (Å²) in [5, 5.41) is 9.39. The zero-order chi connectivity index (χ0) is 15.1. The molecule has 5 heteroatoms. The quantitative estimate of drug-likeness (QED) is 0.840. The third-order valence-corrected chi connectivity index (χ3v) is 3.42. The predicted molar refractivity (Wildman–Crippen MR) is 79.1 cm³/mol. The Kier molecular flexibility index (Phi) is 6.52. The lowest BCUT2D eigenvalue weighted by Gasteiger charge is -2.25. The van der Waals surface area contributed by atoms with E-state index in [-0.39, 0.29) is 12.5 Å². The Labute approximate surface area is 124 Å². The first kappa shape index (κ1) is 16.5. The van der Waals surface area contributed by atoms with Crippen LogP contribution in [-0.4, -0.2) is 35.0 Å². The highest BCUT2D eigenvalue weighted by Gasteiger charge is 2.22. The van der Waals surface area contributed by atoms with Gasteiger partial charge in [-0.25, -0.2) is 0 Å². The van der Waals surface area contributed by atoms with Gasteiger partial charge in [0.1, 0.15) is 0 Å². The average molecular weight is 298 g/mol. The van der Waals surface area contributed by atoms with Gasteiger partial charge in [0, 0.05) is 13.1 Å². The van der Waals surface area contributed by atoms with Crippen molar-refractivity contribution in [2.75, 3.05) is 13.1 Å². The van der Waals surface area contributed by atoms with Gasteiger partial charge in [0.05, 0.1) is 16.5 Å². The lowest BCUT2D eigenvalue weighted by Crippen LogP contribution is -2.37. The van der Waals surface area contributed by atoms with Gasteiger partial charge in [-0.2, -0.15) is 0 Å². The molecule has 1 aromatic carbocycles. The highest BCUT2D eigenvalue weighted by molar-refractivity contribution is 6.33. The van der Waals surface area contributed by atoms with Gasteiger partial charge in [-0.15, -0.1) is 0 Å². The van der Waals surface area contributed by atoms with Crippen molar-refractivity contribution in [1.29, 1.82) is 0 Å². The van der Waals surface area contributed by atoms with Gasteiger partial charge in [0.15, 0.2) is 0 Å². The van der Waals surface area contributed by atoms with E-state index in [1.54, 1.807) is 36.1 Å². The summed E-state index contributed by atoms with van der Waals surface area (Å²) in [6.45, 7) is 4.36. The number of benzene rings is 1. The lowest BCUT2D eigenvalue weighted by molar-refractivity contribution is -0.141. The van der Waals surface area contributed by atoms with Crippen LogP contribution < -0.4 is 0 Å². The largest absolute Gasteiger partial charge is 0.481 e. The summed E-state index contributed by atoms with van der Waals surface area (Å²) in [5.74, 6) is -1.71. The van der Waals surface area contributed by atoms with Gasteiger partial charge in [-0.3, -0.25) is 9.59 Å². The standard InChI is InChI=1S/C15H20ClNO3/c1-3-4-9-17(10-11(2)15(19)20)14(18)12-7-5-6-8-13(12)16/h5-8,11H,3-4,9-10H2,1-2H3,(H,19,20). The Bertz CT molecular complexity index is 476. The Balaban J connectivity index is 2.89. The van der Waals surface area contributed by atoms with Gasteiger partial charge in [-0.05, 0) is 18.6 Å². The van der Waals surface area contributed by atoms with E-state index >= 15 is 0 Å². The first-order chi connectivity index (χ1) is 9.47. The molecule has 0 radical (unpaired) electrons. The van der Waals surface area contributed by atoms with Gasteiger partial charge < -0.3 is 10.0 Å². The lowest BCUT2D eigenvalue weighted by atomic mass is 10.1. The van der Waals surface area contributed by atoms with Crippen molar-refractivity contribution >= 4 is 23.5 Å². The van der Waals surface area contributed by atoms with Crippen LogP contribution in [0.5, 0.6) is 0 Å². The van der Waals surface area contributed by atoms with E-state index in [4.69, 9.17) is 16.7 Å². The molecule has 0 heterocycles. The summed E-state index contributed by atoms with van der Waals surface area (Å²) < 4.78 is 0. The number of hydrogen-bond donors (Lipinski definition) is 1. The molecule has 0 saturated carbocycles. The molecular formula is C15H20ClNO3. The van der Waals surface area contributed by atoms with Gasteiger partial charge in [0.2, 0.25) is 0 Å². The third kappa shape index (κ3) is 4.53. The minimum atomic E-state index is -0.904. The van der Waals surface area contributed by atoms with Crippen LogP contribution in [0.1, 0.15) is 37.0 Å². The fraction of sp³-hybridized carbons (Fsp3) is 0.467. The van der Waals surface area contributed by atoms with Crippen LogP contribution in [0.2, 0.25) is 5.02 Å². The molecule has 1 atom stereocenters. The Morgan fingerprint density at radius 2 is 2.00 bits per heavy atom. The molecule has 0 aliphatic heterocycles. The molecule has 0 bridgehead atoms. The molecular weight excluding hydrogens is 278 g/mol. The van der Waals surface area contributed by atoms with Crippen molar-refractivity contribution in [3.05, 3.63) is 34.9 Å². The highest BCUT2D eigenvalue weighted by atomic mass is 35.5. The molecule has 20 heavy (non-hydrogen) atoms. The summed E-state index contributed by atoms with van der Waals surface area (Å²) >= 11 is 6.03. The number of hydrogen-bond acceptors (Lipinski definition) is 2. The first-order valence-corrected chi connectivity index (χ1v) is 7.11. The minimum absolute atomic E-state index is 0.194. The van der Waals surface area contributed by atoms with Crippen LogP contribution in [-0.2, 0) is 4.79 Å². The smallest absolute Gasteiger partial charge is 0.308 e. The van der Waals surface area contributed by atoms with Crippen LogP contribution in [0, 0.1) is 5.92 Å². The number of carbonyl (C=O) groups excluding carboxylic acids is 1. The number of carboxylic acids is 1. The van der Waals surface area contributed by atoms with E-state index in [1.807, 2.05) is 6.92 Å². The fourth-order valence-electron chi connectivity index (χ4n) is 1.84. The summed E-state index contributed by atoms with van der Waals surface area (Å²) in [4.78, 5) is 25.0. The Morgan fingerprint density at radius 3 is 2.55 bits per heavy atom. The monoisotopic (exact) mass is 297 g/mol. The molecule has 0 aliphatic carbocycles. The molecule has 0 aliphatic rings. The fourth-order valence-corrected chi connectivity index (χ4v) is 2.05. The number of nitrogens with zero attached hydrogens (tertiary/aromatic N) is 1. The van der Waals surface area contributed by atoms with Crippen molar-refractivity contribution in [3.63, 3.8) is 0 Å². The van der Waals surface area contributed by atoms with Crippen molar-refractivity contribution in [1.82, 2.24) is 4.90 Å². The highest BCUT2D eigenvalue weighted by Crippen LogP contribution is 2.18. The molecule has 1 unspecified atom stereocenters. The van der Waals surface area contributed by atoms with Gasteiger partial charge in [0.25, 0.3) is 5.91 Å². The van der Waals surface area contributed by atoms with Gasteiger partial charge >= 0.3 is 5.97 Å². The number of aliphatic carboxylic acids is 1. The normalized spacial score (nSPS) is 11.9. The van der Waals surface area contributed by atoms with Crippen molar-refractivity contribution in [3.8, 4) is 0 Å². The summed E-state index contributed by atoms with van der Waals surface area (Å²) in [6.07, 6.45) is 1.77. The zero-order valence-corrected chi connectivity index (χ0v) is 12.6. The third-order valence-electron chi connectivity index (χ3n) is 3.09. The SMILES string of the molecule is CCCCN(CC(C)C(=O)O)C(=O)c1ccccc1Cl. The molecule has 0 spiro atoms. The van der Waals surface area contributed by atoms with Crippen molar-refractivity contribution < 1.29 is 14.7 Å². The molecule has 1 N–H and O–H groups in total. The maximum Gasteiger partial charge on any atom is 0.308 e. The van der Waals surface area contributed by atoms with E-state index in [9.17, 15) is 9.59 Å². The second-order valence-corrected chi connectivity index (χ2v) is 5.23. The molecule has 0 aromatic heterocycles. The number of rotatable bonds is 7.